The van der Waals surface area contributed by atoms with Crippen LogP contribution < -0.4 is 4.74 Å². The van der Waals surface area contributed by atoms with Crippen LogP contribution in [-0.2, 0) is 0 Å². The van der Waals surface area contributed by atoms with Crippen LogP contribution in [0.1, 0.15) is 0 Å². The Morgan fingerprint density at radius 3 is 2.41 bits per heavy atom. The lowest BCUT2D eigenvalue weighted by Crippen LogP contribution is -2.03. The second-order valence-corrected chi connectivity index (χ2v) is 4.18. The second kappa shape index (κ2) is 5.23. The number of halogens is 3. The maximum absolute atomic E-state index is 12.0. The van der Waals surface area contributed by atoms with Crippen LogP contribution in [-0.4, -0.2) is 11.6 Å². The third-order valence-corrected chi connectivity index (χ3v) is 2.65. The van der Waals surface area contributed by atoms with Crippen LogP contribution >= 0.6 is 15.9 Å². The number of pyridine rings is 1. The highest BCUT2D eigenvalue weighted by atomic mass is 79.9. The molecular formula is C12H8BrF2NO. The molecule has 1 heterocycles. The van der Waals surface area contributed by atoms with Crippen molar-refractivity contribution in [3.8, 4) is 17.0 Å². The normalized spacial score (nSPS) is 10.6. The smallest absolute Gasteiger partial charge is 0.388 e. The molecule has 88 valence electrons. The quantitative estimate of drug-likeness (QED) is 0.851. The number of rotatable bonds is 3. The highest BCUT2D eigenvalue weighted by molar-refractivity contribution is 9.10. The molecule has 17 heavy (non-hydrogen) atoms. The SMILES string of the molecule is FC(F)Oc1cc(-c2ccc(Br)cc2)ccn1. The first-order valence-corrected chi connectivity index (χ1v) is 5.61. The molecule has 2 aromatic rings. The van der Waals surface area contributed by atoms with E-state index in [2.05, 4.69) is 25.7 Å². The lowest BCUT2D eigenvalue weighted by atomic mass is 10.1. The number of hydrogen-bond acceptors (Lipinski definition) is 2. The lowest BCUT2D eigenvalue weighted by Gasteiger charge is -2.06. The van der Waals surface area contributed by atoms with Crippen molar-refractivity contribution < 1.29 is 13.5 Å². The van der Waals surface area contributed by atoms with Crippen molar-refractivity contribution in [1.29, 1.82) is 0 Å². The number of ether oxygens (including phenoxy) is 1. The van der Waals surface area contributed by atoms with Gasteiger partial charge >= 0.3 is 6.61 Å². The molecule has 1 aromatic carbocycles. The summed E-state index contributed by atoms with van der Waals surface area (Å²) in [6, 6.07) is 10.7. The zero-order valence-corrected chi connectivity index (χ0v) is 10.2. The largest absolute Gasteiger partial charge is 0.417 e. The van der Waals surface area contributed by atoms with Crippen molar-refractivity contribution in [3.05, 3.63) is 47.1 Å². The maximum atomic E-state index is 12.0. The van der Waals surface area contributed by atoms with Crippen molar-refractivity contribution in [2.24, 2.45) is 0 Å². The summed E-state index contributed by atoms with van der Waals surface area (Å²) in [6.45, 7) is -2.86. The van der Waals surface area contributed by atoms with Gasteiger partial charge in [0, 0.05) is 16.7 Å². The molecule has 1 aromatic heterocycles. The van der Waals surface area contributed by atoms with E-state index >= 15 is 0 Å². The van der Waals surface area contributed by atoms with Crippen molar-refractivity contribution in [1.82, 2.24) is 4.98 Å². The van der Waals surface area contributed by atoms with E-state index in [4.69, 9.17) is 0 Å². The van der Waals surface area contributed by atoms with E-state index in [0.29, 0.717) is 0 Å². The zero-order valence-electron chi connectivity index (χ0n) is 8.61. The van der Waals surface area contributed by atoms with Crippen LogP contribution in [0.25, 0.3) is 11.1 Å². The number of hydrogen-bond donors (Lipinski definition) is 0. The zero-order chi connectivity index (χ0) is 12.3. The molecule has 5 heteroatoms. The number of nitrogens with zero attached hydrogens (tertiary/aromatic N) is 1. The number of aromatic nitrogens is 1. The average molecular weight is 300 g/mol. The summed E-state index contributed by atoms with van der Waals surface area (Å²) < 4.78 is 29.3. The average Bonchev–Trinajstić information content (AvgIpc) is 2.29. The van der Waals surface area contributed by atoms with Gasteiger partial charge in [0.15, 0.2) is 0 Å². The molecule has 0 atom stereocenters. The van der Waals surface area contributed by atoms with E-state index in [-0.39, 0.29) is 5.88 Å². The Hall–Kier alpha value is -1.49. The predicted molar refractivity (Wildman–Crippen MR) is 64.0 cm³/mol. The van der Waals surface area contributed by atoms with E-state index in [1.165, 1.54) is 12.3 Å². The van der Waals surface area contributed by atoms with E-state index in [9.17, 15) is 8.78 Å². The summed E-state index contributed by atoms with van der Waals surface area (Å²) >= 11 is 3.33. The van der Waals surface area contributed by atoms with Gasteiger partial charge in [-0.15, -0.1) is 0 Å². The predicted octanol–water partition coefficient (Wildman–Crippen LogP) is 4.11. The van der Waals surface area contributed by atoms with Crippen LogP contribution in [0.4, 0.5) is 8.78 Å². The first-order chi connectivity index (χ1) is 8.15. The Bertz CT molecular complexity index is 502. The molecule has 0 saturated carbocycles. The van der Waals surface area contributed by atoms with Crippen molar-refractivity contribution in [3.63, 3.8) is 0 Å². The van der Waals surface area contributed by atoms with Gasteiger partial charge in [0.25, 0.3) is 0 Å². The molecule has 2 nitrogen and oxygen atoms in total. The minimum absolute atomic E-state index is 0.0829. The van der Waals surface area contributed by atoms with E-state index < -0.39 is 6.61 Å². The van der Waals surface area contributed by atoms with E-state index in [1.54, 1.807) is 6.07 Å². The van der Waals surface area contributed by atoms with E-state index in [0.717, 1.165) is 15.6 Å². The third kappa shape index (κ3) is 3.23. The summed E-state index contributed by atoms with van der Waals surface area (Å²) in [5.41, 5.74) is 1.69. The Balaban J connectivity index is 2.29. The molecule has 2 rings (SSSR count). The van der Waals surface area contributed by atoms with Gasteiger partial charge in [-0.2, -0.15) is 8.78 Å². The van der Waals surface area contributed by atoms with Gasteiger partial charge < -0.3 is 4.74 Å². The first-order valence-electron chi connectivity index (χ1n) is 4.82. The van der Waals surface area contributed by atoms with Crippen molar-refractivity contribution in [2.75, 3.05) is 0 Å². The first kappa shape index (κ1) is 12.0. The Labute approximate surface area is 105 Å². The van der Waals surface area contributed by atoms with Crippen LogP contribution in [0.5, 0.6) is 5.88 Å². The summed E-state index contributed by atoms with van der Waals surface area (Å²) in [7, 11) is 0. The van der Waals surface area contributed by atoms with Gasteiger partial charge in [-0.1, -0.05) is 28.1 Å². The monoisotopic (exact) mass is 299 g/mol. The molecule has 0 N–H and O–H groups in total. The third-order valence-electron chi connectivity index (χ3n) is 2.12. The standard InChI is InChI=1S/C12H8BrF2NO/c13-10-3-1-8(2-4-10)9-5-6-16-11(7-9)17-12(14)15/h1-7,12H. The van der Waals surface area contributed by atoms with Crippen LogP contribution in [0.3, 0.4) is 0 Å². The summed E-state index contributed by atoms with van der Waals surface area (Å²) in [6.07, 6.45) is 1.44. The Morgan fingerprint density at radius 1 is 1.06 bits per heavy atom. The highest BCUT2D eigenvalue weighted by Crippen LogP contribution is 2.24. The molecule has 0 unspecified atom stereocenters. The van der Waals surface area contributed by atoms with E-state index in [1.807, 2.05) is 24.3 Å². The van der Waals surface area contributed by atoms with Crippen molar-refractivity contribution >= 4 is 15.9 Å². The fourth-order valence-corrected chi connectivity index (χ4v) is 1.65. The molecule has 0 saturated heterocycles. The topological polar surface area (TPSA) is 22.1 Å². The number of alkyl halides is 2. The maximum Gasteiger partial charge on any atom is 0.388 e. The van der Waals surface area contributed by atoms with Crippen LogP contribution in [0.15, 0.2) is 47.1 Å². The molecule has 0 aliphatic rings. The van der Waals surface area contributed by atoms with Gasteiger partial charge in [-0.05, 0) is 29.3 Å². The van der Waals surface area contributed by atoms with Gasteiger partial charge in [0.05, 0.1) is 0 Å². The Morgan fingerprint density at radius 2 is 1.76 bits per heavy atom. The fraction of sp³-hybridized carbons (Fsp3) is 0.0833. The molecule has 0 aliphatic heterocycles. The van der Waals surface area contributed by atoms with Gasteiger partial charge in [-0.25, -0.2) is 4.98 Å². The second-order valence-electron chi connectivity index (χ2n) is 3.27. The molecule has 0 spiro atoms. The molecular weight excluding hydrogens is 292 g/mol. The van der Waals surface area contributed by atoms with Crippen molar-refractivity contribution in [2.45, 2.75) is 6.61 Å². The van der Waals surface area contributed by atoms with Gasteiger partial charge in [-0.3, -0.25) is 0 Å². The minimum atomic E-state index is -2.86. The molecule has 0 fully saturated rings. The Kier molecular flexibility index (Phi) is 3.68. The molecule has 0 aliphatic carbocycles. The fourth-order valence-electron chi connectivity index (χ4n) is 1.39. The molecule has 0 amide bonds. The summed E-state index contributed by atoms with van der Waals surface area (Å²) in [4.78, 5) is 3.71. The summed E-state index contributed by atoms with van der Waals surface area (Å²) in [5, 5.41) is 0. The van der Waals surface area contributed by atoms with Gasteiger partial charge in [0.1, 0.15) is 0 Å². The van der Waals surface area contributed by atoms with Crippen LogP contribution in [0, 0.1) is 0 Å². The lowest BCUT2D eigenvalue weighted by molar-refractivity contribution is -0.0528. The highest BCUT2D eigenvalue weighted by Gasteiger charge is 2.06. The number of benzene rings is 1. The van der Waals surface area contributed by atoms with Crippen LogP contribution in [0.2, 0.25) is 0 Å². The van der Waals surface area contributed by atoms with Gasteiger partial charge in [0.2, 0.25) is 5.88 Å². The molecule has 0 bridgehead atoms. The minimum Gasteiger partial charge on any atom is -0.417 e. The summed E-state index contributed by atoms with van der Waals surface area (Å²) in [5.74, 6) is -0.0829. The molecule has 0 radical (unpaired) electrons.